The Bertz CT molecular complexity index is 1640. The normalized spacial score (nSPS) is 11.1. The second-order valence-corrected chi connectivity index (χ2v) is 8.70. The summed E-state index contributed by atoms with van der Waals surface area (Å²) < 4.78 is 21.0. The van der Waals surface area contributed by atoms with Gasteiger partial charge in [-0.05, 0) is 32.7 Å². The van der Waals surface area contributed by atoms with Crippen molar-refractivity contribution in [3.8, 4) is 22.6 Å². The van der Waals surface area contributed by atoms with E-state index >= 15 is 0 Å². The minimum Gasteiger partial charge on any atom is -0.437 e. The molecular formula is C32H22O6. The van der Waals surface area contributed by atoms with E-state index < -0.39 is 12.3 Å². The highest BCUT2D eigenvalue weighted by Gasteiger charge is 2.23. The third-order valence-electron chi connectivity index (χ3n) is 6.72. The Labute approximate surface area is 217 Å². The van der Waals surface area contributed by atoms with Crippen LogP contribution in [0.1, 0.15) is 0 Å². The summed E-state index contributed by atoms with van der Waals surface area (Å²) in [5.41, 5.74) is 1.95. The fraction of sp³-hybridized carbons (Fsp3) is 0.0625. The van der Waals surface area contributed by atoms with E-state index in [1.54, 1.807) is 0 Å². The fourth-order valence-corrected chi connectivity index (χ4v) is 5.19. The molecule has 0 aliphatic heterocycles. The lowest BCUT2D eigenvalue weighted by Crippen LogP contribution is -2.09. The molecule has 186 valence electrons. The molecule has 0 heterocycles. The van der Waals surface area contributed by atoms with E-state index in [9.17, 15) is 9.59 Å². The highest BCUT2D eigenvalue weighted by atomic mass is 16.7. The maximum absolute atomic E-state index is 12.2. The van der Waals surface area contributed by atoms with Crippen molar-refractivity contribution in [2.24, 2.45) is 0 Å². The summed E-state index contributed by atoms with van der Waals surface area (Å²) in [6.07, 6.45) is -1.57. The zero-order valence-electron chi connectivity index (χ0n) is 20.7. The quantitative estimate of drug-likeness (QED) is 0.138. The summed E-state index contributed by atoms with van der Waals surface area (Å²) in [6.45, 7) is 0. The summed E-state index contributed by atoms with van der Waals surface area (Å²) in [7, 11) is 2.58. The molecule has 0 aromatic heterocycles. The van der Waals surface area contributed by atoms with E-state index in [0.29, 0.717) is 11.5 Å². The van der Waals surface area contributed by atoms with E-state index in [0.717, 1.165) is 54.2 Å². The van der Waals surface area contributed by atoms with Gasteiger partial charge < -0.3 is 18.9 Å². The molecule has 0 saturated carbocycles. The number of carbonyl (C=O) groups excluding carboxylic acids is 2. The molecule has 6 rings (SSSR count). The Hall–Kier alpha value is -5.10. The molecule has 6 aromatic rings. The van der Waals surface area contributed by atoms with Crippen LogP contribution in [0, 0.1) is 0 Å². The van der Waals surface area contributed by atoms with E-state index in [2.05, 4.69) is 0 Å². The van der Waals surface area contributed by atoms with E-state index in [1.807, 2.05) is 97.1 Å². The van der Waals surface area contributed by atoms with Gasteiger partial charge >= 0.3 is 12.3 Å². The van der Waals surface area contributed by atoms with Gasteiger partial charge in [0.25, 0.3) is 0 Å². The van der Waals surface area contributed by atoms with Crippen LogP contribution in [-0.2, 0) is 9.47 Å². The molecule has 0 atom stereocenters. The van der Waals surface area contributed by atoms with Crippen LogP contribution in [-0.4, -0.2) is 26.5 Å². The monoisotopic (exact) mass is 502 g/mol. The van der Waals surface area contributed by atoms with Crippen LogP contribution in [0.4, 0.5) is 9.59 Å². The fourth-order valence-electron chi connectivity index (χ4n) is 5.19. The van der Waals surface area contributed by atoms with Gasteiger partial charge in [-0.1, -0.05) is 97.1 Å². The molecule has 0 unspecified atom stereocenters. The molecule has 0 aliphatic rings. The number of carbonyl (C=O) groups is 2. The van der Waals surface area contributed by atoms with Crippen LogP contribution in [0.5, 0.6) is 11.5 Å². The average molecular weight is 503 g/mol. The first kappa shape index (κ1) is 23.3. The van der Waals surface area contributed by atoms with Gasteiger partial charge in [0.05, 0.1) is 14.2 Å². The summed E-state index contributed by atoms with van der Waals surface area (Å²) in [5, 5.41) is 6.71. The number of benzene rings is 6. The van der Waals surface area contributed by atoms with Crippen molar-refractivity contribution in [1.29, 1.82) is 0 Å². The molecule has 0 bridgehead atoms. The van der Waals surface area contributed by atoms with Crippen LogP contribution < -0.4 is 9.47 Å². The van der Waals surface area contributed by atoms with Gasteiger partial charge in [0.1, 0.15) is 11.5 Å². The van der Waals surface area contributed by atoms with Crippen LogP contribution >= 0.6 is 0 Å². The molecule has 6 nitrogen and oxygen atoms in total. The number of ether oxygens (including phenoxy) is 4. The lowest BCUT2D eigenvalue weighted by atomic mass is 9.85. The van der Waals surface area contributed by atoms with Crippen molar-refractivity contribution in [2.75, 3.05) is 14.2 Å². The standard InChI is InChI=1S/C32H22O6/c1-35-31(33)37-29-23-15-7-3-11-19(23)27(20-12-4-8-16-24(20)29)28-21-13-5-9-17-25(21)30(38-32(34)36-2)26-18-10-6-14-22(26)28/h3-18H,1-2H3. The molecule has 0 spiro atoms. The van der Waals surface area contributed by atoms with Gasteiger partial charge in [-0.15, -0.1) is 0 Å². The third kappa shape index (κ3) is 3.66. The number of hydrogen-bond acceptors (Lipinski definition) is 6. The highest BCUT2D eigenvalue weighted by molar-refractivity contribution is 6.26. The Morgan fingerprint density at radius 3 is 0.895 bits per heavy atom. The number of methoxy groups -OCH3 is 2. The van der Waals surface area contributed by atoms with Crippen molar-refractivity contribution in [3.63, 3.8) is 0 Å². The maximum atomic E-state index is 12.2. The largest absolute Gasteiger partial charge is 0.513 e. The Kier molecular flexibility index (Phi) is 5.77. The van der Waals surface area contributed by atoms with Crippen molar-refractivity contribution < 1.29 is 28.5 Å². The molecule has 0 saturated heterocycles. The Morgan fingerprint density at radius 1 is 0.421 bits per heavy atom. The smallest absolute Gasteiger partial charge is 0.437 e. The Morgan fingerprint density at radius 2 is 0.658 bits per heavy atom. The summed E-state index contributed by atoms with van der Waals surface area (Å²) >= 11 is 0. The second kappa shape index (κ2) is 9.41. The number of fused-ring (bicyclic) bond motifs is 4. The zero-order valence-corrected chi connectivity index (χ0v) is 20.7. The van der Waals surface area contributed by atoms with Crippen LogP contribution in [0.3, 0.4) is 0 Å². The topological polar surface area (TPSA) is 71.1 Å². The van der Waals surface area contributed by atoms with Crippen molar-refractivity contribution in [2.45, 2.75) is 0 Å². The maximum Gasteiger partial charge on any atom is 0.513 e. The van der Waals surface area contributed by atoms with Gasteiger partial charge in [-0.25, -0.2) is 9.59 Å². The van der Waals surface area contributed by atoms with Gasteiger partial charge in [0.15, 0.2) is 0 Å². The summed E-state index contributed by atoms with van der Waals surface area (Å²) in [4.78, 5) is 24.5. The van der Waals surface area contributed by atoms with E-state index in [-0.39, 0.29) is 0 Å². The lowest BCUT2D eigenvalue weighted by Gasteiger charge is -2.20. The van der Waals surface area contributed by atoms with Crippen molar-refractivity contribution >= 4 is 55.4 Å². The van der Waals surface area contributed by atoms with Crippen LogP contribution in [0.15, 0.2) is 97.1 Å². The van der Waals surface area contributed by atoms with Crippen LogP contribution in [0.2, 0.25) is 0 Å². The minimum absolute atomic E-state index is 0.436. The first-order chi connectivity index (χ1) is 18.6. The highest BCUT2D eigenvalue weighted by Crippen LogP contribution is 2.49. The number of rotatable bonds is 3. The van der Waals surface area contributed by atoms with Crippen molar-refractivity contribution in [1.82, 2.24) is 0 Å². The lowest BCUT2D eigenvalue weighted by molar-refractivity contribution is 0.121. The first-order valence-corrected chi connectivity index (χ1v) is 12.0. The molecule has 0 N–H and O–H groups in total. The molecule has 38 heavy (non-hydrogen) atoms. The van der Waals surface area contributed by atoms with Gasteiger partial charge in [0, 0.05) is 21.5 Å². The van der Waals surface area contributed by atoms with Gasteiger partial charge in [-0.3, -0.25) is 0 Å². The third-order valence-corrected chi connectivity index (χ3v) is 6.72. The first-order valence-electron chi connectivity index (χ1n) is 12.0. The minimum atomic E-state index is -0.784. The predicted molar refractivity (Wildman–Crippen MR) is 148 cm³/mol. The number of hydrogen-bond donors (Lipinski definition) is 0. The van der Waals surface area contributed by atoms with E-state index in [1.165, 1.54) is 14.2 Å². The molecule has 0 aliphatic carbocycles. The molecule has 6 aromatic carbocycles. The SMILES string of the molecule is COC(=O)Oc1c2ccccc2c(-c2c3ccccc3c(OC(=O)OC)c3ccccc23)c2ccccc12. The summed E-state index contributed by atoms with van der Waals surface area (Å²) in [6, 6.07) is 31.3. The van der Waals surface area contributed by atoms with Gasteiger partial charge in [0.2, 0.25) is 0 Å². The Balaban J connectivity index is 1.83. The molecule has 0 radical (unpaired) electrons. The molecule has 6 heteroatoms. The zero-order chi connectivity index (χ0) is 26.2. The molecular weight excluding hydrogens is 480 g/mol. The van der Waals surface area contributed by atoms with Crippen molar-refractivity contribution in [3.05, 3.63) is 97.1 Å². The van der Waals surface area contributed by atoms with Gasteiger partial charge in [-0.2, -0.15) is 0 Å². The average Bonchev–Trinajstić information content (AvgIpc) is 2.97. The van der Waals surface area contributed by atoms with E-state index in [4.69, 9.17) is 18.9 Å². The van der Waals surface area contributed by atoms with Crippen LogP contribution in [0.25, 0.3) is 54.2 Å². The summed E-state index contributed by atoms with van der Waals surface area (Å²) in [5.74, 6) is 0.872. The molecule has 0 fully saturated rings. The predicted octanol–water partition coefficient (Wildman–Crippen LogP) is 8.26. The molecule has 0 amide bonds. The second-order valence-electron chi connectivity index (χ2n) is 8.70.